The van der Waals surface area contributed by atoms with E-state index in [1.165, 1.54) is 0 Å². The van der Waals surface area contributed by atoms with Crippen molar-refractivity contribution in [2.45, 2.75) is 71.4 Å². The minimum atomic E-state index is -1.24. The summed E-state index contributed by atoms with van der Waals surface area (Å²) in [7, 11) is 0. The Morgan fingerprint density at radius 2 is 1.55 bits per heavy atom. The molecule has 1 amide bonds. The van der Waals surface area contributed by atoms with Crippen LogP contribution >= 0.6 is 0 Å². The summed E-state index contributed by atoms with van der Waals surface area (Å²) in [6.07, 6.45) is -1.97. The standard InChI is InChI=1S/C14H24FNO4/c1-13(2,3)19-11(17)10-7-9(15)8-16(10)12(18)20-14(4,5)6/h9-10H,7-8H2,1-6H3. The summed E-state index contributed by atoms with van der Waals surface area (Å²) < 4.78 is 24.0. The molecule has 0 radical (unpaired) electrons. The predicted molar refractivity (Wildman–Crippen MR) is 72.1 cm³/mol. The Hall–Kier alpha value is -1.33. The third-order valence-corrected chi connectivity index (χ3v) is 2.56. The van der Waals surface area contributed by atoms with E-state index in [4.69, 9.17) is 9.47 Å². The molecule has 5 nitrogen and oxygen atoms in total. The molecular formula is C14H24FNO4. The number of rotatable bonds is 1. The van der Waals surface area contributed by atoms with E-state index in [0.29, 0.717) is 0 Å². The molecule has 0 aromatic rings. The molecule has 0 N–H and O–H groups in total. The lowest BCUT2D eigenvalue weighted by molar-refractivity contribution is -0.160. The highest BCUT2D eigenvalue weighted by atomic mass is 19.1. The van der Waals surface area contributed by atoms with Crippen LogP contribution in [-0.2, 0) is 14.3 Å². The van der Waals surface area contributed by atoms with Crippen molar-refractivity contribution in [3.8, 4) is 0 Å². The Morgan fingerprint density at radius 3 is 2.00 bits per heavy atom. The van der Waals surface area contributed by atoms with Crippen LogP contribution in [0.5, 0.6) is 0 Å². The number of carbonyl (C=O) groups excluding carboxylic acids is 2. The van der Waals surface area contributed by atoms with E-state index in [9.17, 15) is 14.0 Å². The van der Waals surface area contributed by atoms with Crippen LogP contribution < -0.4 is 0 Å². The molecule has 2 atom stereocenters. The second kappa shape index (κ2) is 5.58. The van der Waals surface area contributed by atoms with Gasteiger partial charge in [0.1, 0.15) is 23.4 Å². The van der Waals surface area contributed by atoms with Gasteiger partial charge in [-0.05, 0) is 41.5 Å². The molecule has 1 heterocycles. The van der Waals surface area contributed by atoms with Gasteiger partial charge in [-0.3, -0.25) is 4.90 Å². The first-order chi connectivity index (χ1) is 8.89. The number of carbonyl (C=O) groups is 2. The Morgan fingerprint density at radius 1 is 1.05 bits per heavy atom. The predicted octanol–water partition coefficient (Wildman–Crippen LogP) is 2.68. The van der Waals surface area contributed by atoms with Gasteiger partial charge >= 0.3 is 12.1 Å². The highest BCUT2D eigenvalue weighted by Crippen LogP contribution is 2.25. The van der Waals surface area contributed by atoms with Gasteiger partial charge in [0.2, 0.25) is 0 Å². The molecule has 0 spiro atoms. The van der Waals surface area contributed by atoms with Gasteiger partial charge in [0.25, 0.3) is 0 Å². The molecule has 20 heavy (non-hydrogen) atoms. The fourth-order valence-electron chi connectivity index (χ4n) is 1.90. The Balaban J connectivity index is 2.78. The maximum atomic E-state index is 13.6. The molecule has 0 saturated carbocycles. The van der Waals surface area contributed by atoms with Crippen molar-refractivity contribution >= 4 is 12.1 Å². The maximum absolute atomic E-state index is 13.6. The molecule has 2 unspecified atom stereocenters. The quantitative estimate of drug-likeness (QED) is 0.696. The summed E-state index contributed by atoms with van der Waals surface area (Å²) in [5, 5.41) is 0. The maximum Gasteiger partial charge on any atom is 0.411 e. The highest BCUT2D eigenvalue weighted by molar-refractivity contribution is 5.82. The molecule has 116 valence electrons. The molecule has 0 aromatic carbocycles. The van der Waals surface area contributed by atoms with Crippen LogP contribution in [0.2, 0.25) is 0 Å². The number of hydrogen-bond acceptors (Lipinski definition) is 4. The monoisotopic (exact) mass is 289 g/mol. The van der Waals surface area contributed by atoms with Gasteiger partial charge in [-0.25, -0.2) is 14.0 Å². The molecule has 1 fully saturated rings. The number of nitrogens with zero attached hydrogens (tertiary/aromatic N) is 1. The molecule has 0 bridgehead atoms. The molecule has 0 aliphatic carbocycles. The lowest BCUT2D eigenvalue weighted by atomic mass is 10.1. The molecule has 1 saturated heterocycles. The number of likely N-dealkylation sites (tertiary alicyclic amines) is 1. The first-order valence-electron chi connectivity index (χ1n) is 6.75. The van der Waals surface area contributed by atoms with Crippen molar-refractivity contribution < 1.29 is 23.5 Å². The molecule has 6 heteroatoms. The lowest BCUT2D eigenvalue weighted by Crippen LogP contribution is -2.45. The van der Waals surface area contributed by atoms with E-state index < -0.39 is 35.5 Å². The minimum absolute atomic E-state index is 0.0475. The molecule has 0 aromatic heterocycles. The number of halogens is 1. The fourth-order valence-corrected chi connectivity index (χ4v) is 1.90. The molecule has 1 aliphatic rings. The van der Waals surface area contributed by atoms with Crippen LogP contribution in [-0.4, -0.2) is 46.9 Å². The van der Waals surface area contributed by atoms with E-state index in [1.807, 2.05) is 0 Å². The van der Waals surface area contributed by atoms with Crippen molar-refractivity contribution in [2.24, 2.45) is 0 Å². The van der Waals surface area contributed by atoms with Crippen molar-refractivity contribution in [1.82, 2.24) is 4.90 Å². The third kappa shape index (κ3) is 4.98. The van der Waals surface area contributed by atoms with E-state index >= 15 is 0 Å². The van der Waals surface area contributed by atoms with Crippen LogP contribution in [0.25, 0.3) is 0 Å². The van der Waals surface area contributed by atoms with Crippen molar-refractivity contribution in [3.05, 3.63) is 0 Å². The zero-order chi connectivity index (χ0) is 15.7. The highest BCUT2D eigenvalue weighted by Gasteiger charge is 2.43. The van der Waals surface area contributed by atoms with Crippen molar-refractivity contribution in [2.75, 3.05) is 6.54 Å². The van der Waals surface area contributed by atoms with Gasteiger partial charge in [0.05, 0.1) is 6.54 Å². The first kappa shape index (κ1) is 16.7. The SMILES string of the molecule is CC(C)(C)OC(=O)C1CC(F)CN1C(=O)OC(C)(C)C. The smallest absolute Gasteiger partial charge is 0.411 e. The van der Waals surface area contributed by atoms with Crippen molar-refractivity contribution in [3.63, 3.8) is 0 Å². The molecule has 1 rings (SSSR count). The number of alkyl halides is 1. The Bertz CT molecular complexity index is 348. The lowest BCUT2D eigenvalue weighted by Gasteiger charge is -2.29. The van der Waals surface area contributed by atoms with Crippen LogP contribution in [0.15, 0.2) is 0 Å². The average molecular weight is 289 g/mol. The van der Waals surface area contributed by atoms with Gasteiger partial charge in [0, 0.05) is 6.42 Å². The van der Waals surface area contributed by atoms with Crippen LogP contribution in [0, 0.1) is 0 Å². The summed E-state index contributed by atoms with van der Waals surface area (Å²) in [6.45, 7) is 10.2. The summed E-state index contributed by atoms with van der Waals surface area (Å²) >= 11 is 0. The van der Waals surface area contributed by atoms with Crippen LogP contribution in [0.4, 0.5) is 9.18 Å². The van der Waals surface area contributed by atoms with E-state index in [2.05, 4.69) is 0 Å². The number of amides is 1. The van der Waals surface area contributed by atoms with Crippen LogP contribution in [0.1, 0.15) is 48.0 Å². The van der Waals surface area contributed by atoms with Gasteiger partial charge in [0.15, 0.2) is 0 Å². The zero-order valence-corrected chi connectivity index (χ0v) is 13.0. The number of hydrogen-bond donors (Lipinski definition) is 0. The topological polar surface area (TPSA) is 55.8 Å². The summed E-state index contributed by atoms with van der Waals surface area (Å²) in [4.78, 5) is 25.2. The first-order valence-corrected chi connectivity index (χ1v) is 6.75. The largest absolute Gasteiger partial charge is 0.458 e. The Kier molecular flexibility index (Phi) is 4.66. The van der Waals surface area contributed by atoms with Gasteiger partial charge in [-0.15, -0.1) is 0 Å². The van der Waals surface area contributed by atoms with E-state index in [0.717, 1.165) is 4.90 Å². The zero-order valence-electron chi connectivity index (χ0n) is 13.0. The minimum Gasteiger partial charge on any atom is -0.458 e. The average Bonchev–Trinajstić information content (AvgIpc) is 2.55. The number of esters is 1. The molecule has 1 aliphatic heterocycles. The van der Waals surface area contributed by atoms with Crippen molar-refractivity contribution in [1.29, 1.82) is 0 Å². The normalized spacial score (nSPS) is 23.6. The second-order valence-electron chi connectivity index (χ2n) is 7.01. The van der Waals surface area contributed by atoms with E-state index in [1.54, 1.807) is 41.5 Å². The van der Waals surface area contributed by atoms with Gasteiger partial charge in [-0.1, -0.05) is 0 Å². The number of ether oxygens (including phenoxy) is 2. The second-order valence-corrected chi connectivity index (χ2v) is 7.01. The summed E-state index contributed by atoms with van der Waals surface area (Å²) in [5.74, 6) is -0.594. The fraction of sp³-hybridized carbons (Fsp3) is 0.857. The Labute approximate surface area is 119 Å². The third-order valence-electron chi connectivity index (χ3n) is 2.56. The van der Waals surface area contributed by atoms with Gasteiger partial charge in [-0.2, -0.15) is 0 Å². The summed E-state index contributed by atoms with van der Waals surface area (Å²) in [5.41, 5.74) is -1.37. The van der Waals surface area contributed by atoms with Crippen LogP contribution in [0.3, 0.4) is 0 Å². The van der Waals surface area contributed by atoms with Gasteiger partial charge < -0.3 is 9.47 Å². The van der Waals surface area contributed by atoms with E-state index in [-0.39, 0.29) is 13.0 Å². The molecular weight excluding hydrogens is 265 g/mol. The summed E-state index contributed by atoms with van der Waals surface area (Å²) in [6, 6.07) is -0.918.